The second kappa shape index (κ2) is 5.57. The van der Waals surface area contributed by atoms with Crippen LogP contribution in [0.4, 0.5) is 0 Å². The Morgan fingerprint density at radius 2 is 1.28 bits per heavy atom. The summed E-state index contributed by atoms with van der Waals surface area (Å²) in [4.78, 5) is 2.74. The van der Waals surface area contributed by atoms with Gasteiger partial charge in [-0.2, -0.15) is 0 Å². The van der Waals surface area contributed by atoms with E-state index in [1.807, 2.05) is 0 Å². The Morgan fingerprint density at radius 1 is 0.760 bits per heavy atom. The van der Waals surface area contributed by atoms with Crippen molar-refractivity contribution in [1.29, 1.82) is 0 Å². The fourth-order valence-corrected chi connectivity index (χ4v) is 5.03. The highest BCUT2D eigenvalue weighted by Gasteiger charge is 2.48. The molecule has 2 aliphatic rings. The lowest BCUT2D eigenvalue weighted by atomic mass is 9.68. The minimum Gasteiger partial charge on any atom is -0.282 e. The third kappa shape index (κ3) is 2.19. The van der Waals surface area contributed by atoms with Crippen LogP contribution in [0.25, 0.3) is 0 Å². The molecule has 2 bridgehead atoms. The molecule has 0 saturated heterocycles. The smallest absolute Gasteiger partial charge is 0.0697 e. The molecule has 0 fully saturated rings. The highest BCUT2D eigenvalue weighted by molar-refractivity contribution is 5.51. The first-order valence-electron chi connectivity index (χ1n) is 9.24. The molecule has 0 spiro atoms. The van der Waals surface area contributed by atoms with E-state index in [0.717, 1.165) is 19.4 Å². The van der Waals surface area contributed by atoms with Gasteiger partial charge in [-0.15, -0.1) is 0 Å². The van der Waals surface area contributed by atoms with E-state index in [0.29, 0.717) is 6.04 Å². The third-order valence-electron chi connectivity index (χ3n) is 6.21. The summed E-state index contributed by atoms with van der Waals surface area (Å²) in [5, 5.41) is 0. The van der Waals surface area contributed by atoms with E-state index in [4.69, 9.17) is 0 Å². The summed E-state index contributed by atoms with van der Waals surface area (Å²) in [6.45, 7) is 3.43. The standard InChI is InChI=1S/C24H23N/c1-24-22-13-7-5-11-19(22)15-21(16-20-12-6-8-14-23(20)24)25(24)17-18-9-3-2-4-10-18/h2-14,21H,15-17H2,1H3. The van der Waals surface area contributed by atoms with Gasteiger partial charge in [-0.05, 0) is 47.6 Å². The lowest BCUT2D eigenvalue weighted by Gasteiger charge is -2.55. The van der Waals surface area contributed by atoms with Gasteiger partial charge in [-0.1, -0.05) is 78.9 Å². The number of benzene rings is 3. The maximum atomic E-state index is 2.74. The highest BCUT2D eigenvalue weighted by Crippen LogP contribution is 2.48. The molecule has 0 aromatic heterocycles. The molecular weight excluding hydrogens is 302 g/mol. The number of fused-ring (bicyclic) bond motifs is 6. The van der Waals surface area contributed by atoms with E-state index < -0.39 is 0 Å². The summed E-state index contributed by atoms with van der Waals surface area (Å²) in [7, 11) is 0. The molecule has 3 aromatic rings. The predicted octanol–water partition coefficient (Wildman–Crippen LogP) is 4.93. The molecule has 3 aromatic carbocycles. The van der Waals surface area contributed by atoms with Crippen molar-refractivity contribution in [2.45, 2.75) is 37.9 Å². The fourth-order valence-electron chi connectivity index (χ4n) is 5.03. The van der Waals surface area contributed by atoms with Gasteiger partial charge in [0.25, 0.3) is 0 Å². The van der Waals surface area contributed by atoms with Crippen molar-refractivity contribution in [3.63, 3.8) is 0 Å². The average Bonchev–Trinajstić information content (AvgIpc) is 2.65. The Bertz CT molecular complexity index is 863. The first-order valence-corrected chi connectivity index (χ1v) is 9.24. The van der Waals surface area contributed by atoms with Crippen molar-refractivity contribution in [3.05, 3.63) is 107 Å². The van der Waals surface area contributed by atoms with Crippen molar-refractivity contribution < 1.29 is 0 Å². The summed E-state index contributed by atoms with van der Waals surface area (Å²) >= 11 is 0. The second-order valence-corrected chi connectivity index (χ2v) is 7.56. The van der Waals surface area contributed by atoms with E-state index in [1.165, 1.54) is 27.8 Å². The van der Waals surface area contributed by atoms with Crippen LogP contribution in [0.15, 0.2) is 78.9 Å². The zero-order chi connectivity index (χ0) is 16.9. The molecule has 1 nitrogen and oxygen atoms in total. The molecule has 0 radical (unpaired) electrons. The largest absolute Gasteiger partial charge is 0.282 e. The van der Waals surface area contributed by atoms with Crippen LogP contribution in [0.1, 0.15) is 34.7 Å². The summed E-state index contributed by atoms with van der Waals surface area (Å²) in [6, 6.07) is 29.6. The lowest BCUT2D eigenvalue weighted by molar-refractivity contribution is 0.0449. The van der Waals surface area contributed by atoms with E-state index in [-0.39, 0.29) is 5.54 Å². The first kappa shape index (κ1) is 14.9. The van der Waals surface area contributed by atoms with Gasteiger partial charge in [0.05, 0.1) is 5.54 Å². The molecule has 2 aliphatic heterocycles. The van der Waals surface area contributed by atoms with Crippen LogP contribution in [0, 0.1) is 0 Å². The maximum Gasteiger partial charge on any atom is 0.0697 e. The van der Waals surface area contributed by atoms with Crippen molar-refractivity contribution in [2.75, 3.05) is 0 Å². The van der Waals surface area contributed by atoms with Crippen LogP contribution in [-0.2, 0) is 24.9 Å². The molecule has 25 heavy (non-hydrogen) atoms. The Hall–Kier alpha value is -2.38. The number of rotatable bonds is 2. The molecule has 0 amide bonds. The van der Waals surface area contributed by atoms with Crippen LogP contribution in [0.2, 0.25) is 0 Å². The lowest BCUT2D eigenvalue weighted by Crippen LogP contribution is -2.58. The zero-order valence-electron chi connectivity index (χ0n) is 14.7. The van der Waals surface area contributed by atoms with Gasteiger partial charge in [-0.3, -0.25) is 4.90 Å². The molecule has 0 aliphatic carbocycles. The molecule has 5 rings (SSSR count). The van der Waals surface area contributed by atoms with Gasteiger partial charge < -0.3 is 0 Å². The molecule has 1 heteroatoms. The number of hydrogen-bond donors (Lipinski definition) is 0. The Balaban J connectivity index is 1.71. The van der Waals surface area contributed by atoms with Crippen LogP contribution >= 0.6 is 0 Å². The minimum absolute atomic E-state index is 0.0514. The highest BCUT2D eigenvalue weighted by atomic mass is 15.2. The van der Waals surface area contributed by atoms with Crippen LogP contribution < -0.4 is 0 Å². The summed E-state index contributed by atoms with van der Waals surface area (Å²) < 4.78 is 0. The van der Waals surface area contributed by atoms with Gasteiger partial charge in [0.1, 0.15) is 0 Å². The normalized spacial score (nSPS) is 24.4. The van der Waals surface area contributed by atoms with Crippen LogP contribution in [0.3, 0.4) is 0 Å². The number of hydrogen-bond acceptors (Lipinski definition) is 1. The van der Waals surface area contributed by atoms with Crippen molar-refractivity contribution in [3.8, 4) is 0 Å². The van der Waals surface area contributed by atoms with Crippen molar-refractivity contribution in [1.82, 2.24) is 4.90 Å². The Kier molecular flexibility index (Phi) is 3.33. The van der Waals surface area contributed by atoms with E-state index in [9.17, 15) is 0 Å². The van der Waals surface area contributed by atoms with E-state index >= 15 is 0 Å². The maximum absolute atomic E-state index is 2.74. The van der Waals surface area contributed by atoms with Crippen molar-refractivity contribution >= 4 is 0 Å². The van der Waals surface area contributed by atoms with Crippen LogP contribution in [-0.4, -0.2) is 10.9 Å². The third-order valence-corrected chi connectivity index (χ3v) is 6.21. The predicted molar refractivity (Wildman–Crippen MR) is 103 cm³/mol. The quantitative estimate of drug-likeness (QED) is 0.645. The molecule has 0 N–H and O–H groups in total. The molecular formula is C24H23N. The molecule has 0 unspecified atom stereocenters. The summed E-state index contributed by atoms with van der Waals surface area (Å²) in [5.41, 5.74) is 7.35. The van der Waals surface area contributed by atoms with E-state index in [2.05, 4.69) is 90.7 Å². The molecule has 0 atom stereocenters. The minimum atomic E-state index is -0.0514. The summed E-state index contributed by atoms with van der Waals surface area (Å²) in [5.74, 6) is 0. The van der Waals surface area contributed by atoms with Gasteiger partial charge in [0.15, 0.2) is 0 Å². The Morgan fingerprint density at radius 3 is 1.88 bits per heavy atom. The van der Waals surface area contributed by atoms with Gasteiger partial charge >= 0.3 is 0 Å². The fraction of sp³-hybridized carbons (Fsp3) is 0.250. The summed E-state index contributed by atoms with van der Waals surface area (Å²) in [6.07, 6.45) is 2.29. The van der Waals surface area contributed by atoms with Gasteiger partial charge in [0.2, 0.25) is 0 Å². The van der Waals surface area contributed by atoms with Crippen LogP contribution in [0.5, 0.6) is 0 Å². The molecule has 124 valence electrons. The average molecular weight is 325 g/mol. The van der Waals surface area contributed by atoms with Gasteiger partial charge in [0, 0.05) is 12.6 Å². The van der Waals surface area contributed by atoms with E-state index in [1.54, 1.807) is 0 Å². The monoisotopic (exact) mass is 325 g/mol. The first-order chi connectivity index (χ1) is 12.3. The van der Waals surface area contributed by atoms with Crippen molar-refractivity contribution in [2.24, 2.45) is 0 Å². The van der Waals surface area contributed by atoms with Gasteiger partial charge in [-0.25, -0.2) is 0 Å². The zero-order valence-corrected chi connectivity index (χ0v) is 14.7. The SMILES string of the molecule is CC12c3ccccc3CC(Cc3ccccc31)N2Cc1ccccc1. The Labute approximate surface area is 149 Å². The second-order valence-electron chi connectivity index (χ2n) is 7.56. The topological polar surface area (TPSA) is 3.24 Å². The molecule has 0 saturated carbocycles. The number of nitrogens with zero attached hydrogens (tertiary/aromatic N) is 1. The molecule has 2 heterocycles.